The maximum absolute atomic E-state index is 12.0. The van der Waals surface area contributed by atoms with E-state index in [1.54, 1.807) is 6.07 Å². The van der Waals surface area contributed by atoms with Crippen LogP contribution in [0, 0.1) is 6.92 Å². The molecule has 2 rings (SSSR count). The van der Waals surface area contributed by atoms with Crippen molar-refractivity contribution < 1.29 is 22.6 Å². The van der Waals surface area contributed by atoms with Crippen molar-refractivity contribution in [2.45, 2.75) is 19.9 Å². The highest BCUT2D eigenvalue weighted by molar-refractivity contribution is 5.56. The number of rotatable bonds is 4. The van der Waals surface area contributed by atoms with Gasteiger partial charge in [0.25, 0.3) is 0 Å². The Hall–Kier alpha value is -2.37. The summed E-state index contributed by atoms with van der Waals surface area (Å²) in [4.78, 5) is 0. The van der Waals surface area contributed by atoms with Crippen molar-refractivity contribution in [2.75, 3.05) is 5.73 Å². The minimum absolute atomic E-state index is 0.210. The van der Waals surface area contributed by atoms with E-state index in [1.165, 1.54) is 24.3 Å². The fraction of sp³-hybridized carbons (Fsp3) is 0.200. The fourth-order valence-corrected chi connectivity index (χ4v) is 1.82. The molecular weight excluding hydrogens is 283 g/mol. The van der Waals surface area contributed by atoms with Gasteiger partial charge in [-0.15, -0.1) is 13.2 Å². The number of hydrogen-bond donors (Lipinski definition) is 1. The summed E-state index contributed by atoms with van der Waals surface area (Å²) in [6.07, 6.45) is -4.69. The summed E-state index contributed by atoms with van der Waals surface area (Å²) in [6.45, 7) is 2.08. The van der Waals surface area contributed by atoms with Gasteiger partial charge in [0.15, 0.2) is 0 Å². The molecule has 2 aromatic rings. The molecule has 112 valence electrons. The van der Waals surface area contributed by atoms with Gasteiger partial charge >= 0.3 is 6.36 Å². The van der Waals surface area contributed by atoms with Gasteiger partial charge in [-0.2, -0.15) is 0 Å². The first-order chi connectivity index (χ1) is 9.85. The van der Waals surface area contributed by atoms with Crippen LogP contribution < -0.4 is 15.2 Å². The lowest BCUT2D eigenvalue weighted by molar-refractivity contribution is -0.274. The standard InChI is InChI=1S/C15H14F3NO2/c1-10-3-2-4-13(19)14(10)20-9-11-5-7-12(8-6-11)21-15(16,17)18/h2-8H,9,19H2,1H3. The summed E-state index contributed by atoms with van der Waals surface area (Å²) in [6, 6.07) is 10.9. The molecule has 2 aromatic carbocycles. The van der Waals surface area contributed by atoms with Crippen LogP contribution >= 0.6 is 0 Å². The Kier molecular flexibility index (Phi) is 4.26. The Bertz CT molecular complexity index is 589. The van der Waals surface area contributed by atoms with Gasteiger partial charge in [0.05, 0.1) is 5.69 Å². The third-order valence-electron chi connectivity index (χ3n) is 2.78. The zero-order valence-corrected chi connectivity index (χ0v) is 11.3. The molecule has 0 saturated heterocycles. The van der Waals surface area contributed by atoms with Crippen molar-refractivity contribution in [3.05, 3.63) is 53.6 Å². The molecular formula is C15H14F3NO2. The van der Waals surface area contributed by atoms with Crippen molar-refractivity contribution >= 4 is 5.69 Å². The number of nitrogens with two attached hydrogens (primary N) is 1. The van der Waals surface area contributed by atoms with E-state index in [2.05, 4.69) is 4.74 Å². The van der Waals surface area contributed by atoms with Gasteiger partial charge in [-0.25, -0.2) is 0 Å². The van der Waals surface area contributed by atoms with Crippen LogP contribution in [0.2, 0.25) is 0 Å². The normalized spacial score (nSPS) is 11.2. The third-order valence-corrected chi connectivity index (χ3v) is 2.78. The molecule has 0 aliphatic heterocycles. The largest absolute Gasteiger partial charge is 0.573 e. The molecule has 0 radical (unpaired) electrons. The number of hydrogen-bond acceptors (Lipinski definition) is 3. The number of ether oxygens (including phenoxy) is 2. The summed E-state index contributed by atoms with van der Waals surface area (Å²) in [7, 11) is 0. The smallest absolute Gasteiger partial charge is 0.486 e. The molecule has 6 heteroatoms. The molecule has 0 spiro atoms. The van der Waals surface area contributed by atoms with Gasteiger partial charge in [0, 0.05) is 0 Å². The zero-order chi connectivity index (χ0) is 15.5. The molecule has 0 aliphatic rings. The molecule has 0 fully saturated rings. The van der Waals surface area contributed by atoms with E-state index >= 15 is 0 Å². The lowest BCUT2D eigenvalue weighted by Crippen LogP contribution is -2.17. The number of aryl methyl sites for hydroxylation is 1. The van der Waals surface area contributed by atoms with E-state index in [1.807, 2.05) is 19.1 Å². The van der Waals surface area contributed by atoms with Crippen molar-refractivity contribution in [2.24, 2.45) is 0 Å². The van der Waals surface area contributed by atoms with Crippen LogP contribution in [0.25, 0.3) is 0 Å². The van der Waals surface area contributed by atoms with Crippen molar-refractivity contribution in [1.82, 2.24) is 0 Å². The van der Waals surface area contributed by atoms with Crippen LogP contribution in [-0.2, 0) is 6.61 Å². The average Bonchev–Trinajstić information content (AvgIpc) is 2.38. The minimum Gasteiger partial charge on any atom is -0.486 e. The number of para-hydroxylation sites is 1. The van der Waals surface area contributed by atoms with Crippen LogP contribution in [-0.4, -0.2) is 6.36 Å². The number of alkyl halides is 3. The van der Waals surface area contributed by atoms with E-state index in [0.717, 1.165) is 5.56 Å². The molecule has 0 heterocycles. The Morgan fingerprint density at radius 2 is 1.71 bits per heavy atom. The Morgan fingerprint density at radius 1 is 1.05 bits per heavy atom. The van der Waals surface area contributed by atoms with Gasteiger partial charge in [0.1, 0.15) is 18.1 Å². The molecule has 0 saturated carbocycles. The van der Waals surface area contributed by atoms with E-state index in [4.69, 9.17) is 10.5 Å². The molecule has 0 bridgehead atoms. The Balaban J connectivity index is 2.01. The first-order valence-corrected chi connectivity index (χ1v) is 6.18. The highest BCUT2D eigenvalue weighted by Crippen LogP contribution is 2.27. The highest BCUT2D eigenvalue weighted by Gasteiger charge is 2.30. The van der Waals surface area contributed by atoms with Crippen LogP contribution in [0.4, 0.5) is 18.9 Å². The zero-order valence-electron chi connectivity index (χ0n) is 11.3. The summed E-state index contributed by atoms with van der Waals surface area (Å²) in [5, 5.41) is 0. The first-order valence-electron chi connectivity index (χ1n) is 6.18. The van der Waals surface area contributed by atoms with Crippen molar-refractivity contribution in [3.63, 3.8) is 0 Å². The predicted molar refractivity (Wildman–Crippen MR) is 73.0 cm³/mol. The van der Waals surface area contributed by atoms with Gasteiger partial charge in [-0.3, -0.25) is 0 Å². The summed E-state index contributed by atoms with van der Waals surface area (Å²) < 4.78 is 45.5. The quantitative estimate of drug-likeness (QED) is 0.866. The Morgan fingerprint density at radius 3 is 2.29 bits per heavy atom. The summed E-state index contributed by atoms with van der Waals surface area (Å²) in [5.41, 5.74) is 7.94. The van der Waals surface area contributed by atoms with Crippen molar-refractivity contribution in [3.8, 4) is 11.5 Å². The monoisotopic (exact) mass is 297 g/mol. The molecule has 0 amide bonds. The maximum Gasteiger partial charge on any atom is 0.573 e. The van der Waals surface area contributed by atoms with Crippen LogP contribution in [0.1, 0.15) is 11.1 Å². The molecule has 0 unspecified atom stereocenters. The van der Waals surface area contributed by atoms with E-state index in [-0.39, 0.29) is 12.4 Å². The van der Waals surface area contributed by atoms with Gasteiger partial charge in [-0.05, 0) is 36.2 Å². The second kappa shape index (κ2) is 5.95. The molecule has 3 nitrogen and oxygen atoms in total. The number of halogens is 3. The molecule has 0 atom stereocenters. The minimum atomic E-state index is -4.69. The van der Waals surface area contributed by atoms with E-state index < -0.39 is 6.36 Å². The molecule has 2 N–H and O–H groups in total. The second-order valence-corrected chi connectivity index (χ2v) is 4.47. The third kappa shape index (κ3) is 4.30. The van der Waals surface area contributed by atoms with Gasteiger partial charge in [-0.1, -0.05) is 24.3 Å². The number of nitrogen functional groups attached to an aromatic ring is 1. The van der Waals surface area contributed by atoms with Gasteiger partial charge < -0.3 is 15.2 Å². The van der Waals surface area contributed by atoms with E-state index in [0.29, 0.717) is 17.0 Å². The topological polar surface area (TPSA) is 44.5 Å². The van der Waals surface area contributed by atoms with E-state index in [9.17, 15) is 13.2 Å². The lowest BCUT2D eigenvalue weighted by Gasteiger charge is -2.12. The number of benzene rings is 2. The average molecular weight is 297 g/mol. The van der Waals surface area contributed by atoms with Gasteiger partial charge in [0.2, 0.25) is 0 Å². The lowest BCUT2D eigenvalue weighted by atomic mass is 10.2. The number of anilines is 1. The summed E-state index contributed by atoms with van der Waals surface area (Å²) in [5.74, 6) is 0.315. The summed E-state index contributed by atoms with van der Waals surface area (Å²) >= 11 is 0. The predicted octanol–water partition coefficient (Wildman–Crippen LogP) is 4.05. The Labute approximate surface area is 120 Å². The van der Waals surface area contributed by atoms with Crippen LogP contribution in [0.5, 0.6) is 11.5 Å². The van der Waals surface area contributed by atoms with Crippen LogP contribution in [0.15, 0.2) is 42.5 Å². The highest BCUT2D eigenvalue weighted by atomic mass is 19.4. The fourth-order valence-electron chi connectivity index (χ4n) is 1.82. The SMILES string of the molecule is Cc1cccc(N)c1OCc1ccc(OC(F)(F)F)cc1. The maximum atomic E-state index is 12.0. The molecule has 0 aliphatic carbocycles. The second-order valence-electron chi connectivity index (χ2n) is 4.47. The van der Waals surface area contributed by atoms with Crippen LogP contribution in [0.3, 0.4) is 0 Å². The van der Waals surface area contributed by atoms with Crippen molar-refractivity contribution in [1.29, 1.82) is 0 Å². The molecule has 21 heavy (non-hydrogen) atoms. The molecule has 0 aromatic heterocycles. The first kappa shape index (κ1) is 15.0.